The molecule has 38 heavy (non-hydrogen) atoms. The second-order valence-corrected chi connectivity index (χ2v) is 10.3. The fourth-order valence-corrected chi connectivity index (χ4v) is 6.67. The van der Waals surface area contributed by atoms with Gasteiger partial charge >= 0.3 is 0 Å². The van der Waals surface area contributed by atoms with Gasteiger partial charge in [-0.05, 0) is 44.5 Å². The van der Waals surface area contributed by atoms with Crippen LogP contribution in [0.15, 0.2) is 48.6 Å². The summed E-state index contributed by atoms with van der Waals surface area (Å²) in [7, 11) is 0. The van der Waals surface area contributed by atoms with Gasteiger partial charge in [0, 0.05) is 50.6 Å². The molecule has 9 nitrogen and oxygen atoms in total. The Hall–Kier alpha value is -3.17. The van der Waals surface area contributed by atoms with E-state index in [1.807, 2.05) is 55.5 Å². The van der Waals surface area contributed by atoms with Crippen LogP contribution in [0.5, 0.6) is 0 Å². The van der Waals surface area contributed by atoms with E-state index in [-0.39, 0.29) is 30.9 Å². The third-order valence-electron chi connectivity index (χ3n) is 8.37. The molecule has 0 aliphatic carbocycles. The van der Waals surface area contributed by atoms with E-state index >= 15 is 0 Å². The molecule has 9 heteroatoms. The number of benzene rings is 1. The van der Waals surface area contributed by atoms with Crippen LogP contribution in [0, 0.1) is 11.8 Å². The third-order valence-corrected chi connectivity index (χ3v) is 8.37. The third kappa shape index (κ3) is 4.03. The van der Waals surface area contributed by atoms with Crippen LogP contribution in [-0.2, 0) is 19.1 Å². The number of β-amino-alcohol motifs (C(OH)–C–C–N with tert-alkyl or cyclic N) is 1. The van der Waals surface area contributed by atoms with Gasteiger partial charge in [0.1, 0.15) is 11.6 Å². The number of likely N-dealkylation sites (tertiary alicyclic amines) is 1. The summed E-state index contributed by atoms with van der Waals surface area (Å²) < 4.78 is 6.60. The van der Waals surface area contributed by atoms with Crippen LogP contribution < -0.4 is 9.80 Å². The van der Waals surface area contributed by atoms with Gasteiger partial charge in [0.25, 0.3) is 5.91 Å². The number of anilines is 2. The van der Waals surface area contributed by atoms with Gasteiger partial charge in [-0.1, -0.05) is 31.2 Å². The Morgan fingerprint density at radius 2 is 1.71 bits per heavy atom. The molecule has 4 aliphatic rings. The Labute approximate surface area is 224 Å². The van der Waals surface area contributed by atoms with Crippen molar-refractivity contribution in [3.05, 3.63) is 48.6 Å². The van der Waals surface area contributed by atoms with Gasteiger partial charge in [-0.2, -0.15) is 0 Å². The van der Waals surface area contributed by atoms with Crippen molar-refractivity contribution in [1.82, 2.24) is 9.80 Å². The lowest BCUT2D eigenvalue weighted by molar-refractivity contribution is -0.144. The molecule has 5 rings (SSSR count). The second kappa shape index (κ2) is 10.5. The number of amides is 3. The number of carbonyl (C=O) groups is 3. The smallest absolute Gasteiger partial charge is 0.253 e. The molecule has 1 spiro atoms. The number of aliphatic hydroxyl groups is 1. The fourth-order valence-electron chi connectivity index (χ4n) is 6.67. The minimum atomic E-state index is -1.27. The summed E-state index contributed by atoms with van der Waals surface area (Å²) in [5.74, 6) is -2.24. The minimum Gasteiger partial charge on any atom is -0.395 e. The zero-order chi connectivity index (χ0) is 27.0. The summed E-state index contributed by atoms with van der Waals surface area (Å²) in [6, 6.07) is 6.89. The maximum absolute atomic E-state index is 14.3. The molecule has 0 saturated carbocycles. The van der Waals surface area contributed by atoms with Crippen molar-refractivity contribution in [3.63, 3.8) is 0 Å². The van der Waals surface area contributed by atoms with Crippen molar-refractivity contribution < 1.29 is 24.2 Å². The van der Waals surface area contributed by atoms with Crippen molar-refractivity contribution in [3.8, 4) is 0 Å². The number of nitrogens with zero attached hydrogens (tertiary/aromatic N) is 4. The first-order valence-electron chi connectivity index (χ1n) is 13.8. The van der Waals surface area contributed by atoms with Crippen molar-refractivity contribution in [1.29, 1.82) is 0 Å². The van der Waals surface area contributed by atoms with Crippen molar-refractivity contribution in [2.45, 2.75) is 44.9 Å². The van der Waals surface area contributed by atoms with Gasteiger partial charge in [0.2, 0.25) is 11.8 Å². The van der Waals surface area contributed by atoms with Gasteiger partial charge in [0.05, 0.1) is 24.5 Å². The van der Waals surface area contributed by atoms with E-state index in [0.717, 1.165) is 30.9 Å². The monoisotopic (exact) mass is 522 g/mol. The molecule has 204 valence electrons. The molecule has 4 heterocycles. The number of carbonyl (C=O) groups excluding carboxylic acids is 3. The predicted octanol–water partition coefficient (Wildman–Crippen LogP) is 1.82. The number of ether oxygens (including phenoxy) is 1. The van der Waals surface area contributed by atoms with Crippen molar-refractivity contribution in [2.75, 3.05) is 55.7 Å². The number of aliphatic hydroxyl groups excluding tert-OH is 1. The van der Waals surface area contributed by atoms with E-state index in [9.17, 15) is 19.5 Å². The molecule has 1 unspecified atom stereocenters. The zero-order valence-corrected chi connectivity index (χ0v) is 22.5. The first-order valence-corrected chi connectivity index (χ1v) is 13.8. The summed E-state index contributed by atoms with van der Waals surface area (Å²) in [5.41, 5.74) is 0.529. The van der Waals surface area contributed by atoms with Crippen LogP contribution >= 0.6 is 0 Å². The summed E-state index contributed by atoms with van der Waals surface area (Å²) in [4.78, 5) is 49.0. The largest absolute Gasteiger partial charge is 0.395 e. The maximum atomic E-state index is 14.3. The van der Waals surface area contributed by atoms with E-state index in [1.54, 1.807) is 9.80 Å². The molecular weight excluding hydrogens is 484 g/mol. The molecule has 0 aromatic heterocycles. The molecular formula is C29H38N4O5. The molecule has 0 radical (unpaired) electrons. The molecule has 5 atom stereocenters. The Morgan fingerprint density at radius 1 is 0.974 bits per heavy atom. The molecule has 1 aromatic carbocycles. The number of hydrogen-bond donors (Lipinski definition) is 1. The van der Waals surface area contributed by atoms with Gasteiger partial charge in [0.15, 0.2) is 0 Å². The van der Waals surface area contributed by atoms with Crippen LogP contribution in [0.3, 0.4) is 0 Å². The van der Waals surface area contributed by atoms with E-state index in [4.69, 9.17) is 4.74 Å². The fraction of sp³-hybridized carbons (Fsp3) is 0.552. The Morgan fingerprint density at radius 3 is 2.37 bits per heavy atom. The summed E-state index contributed by atoms with van der Waals surface area (Å²) in [5, 5.41) is 9.84. The quantitative estimate of drug-likeness (QED) is 0.524. The van der Waals surface area contributed by atoms with Gasteiger partial charge in [-0.15, -0.1) is 0 Å². The Bertz CT molecular complexity index is 1130. The predicted molar refractivity (Wildman–Crippen MR) is 145 cm³/mol. The molecule has 1 aromatic rings. The molecule has 4 aliphatic heterocycles. The number of fused-ring (bicyclic) bond motifs is 2. The van der Waals surface area contributed by atoms with Crippen LogP contribution in [0.2, 0.25) is 0 Å². The van der Waals surface area contributed by atoms with E-state index in [0.29, 0.717) is 19.6 Å². The van der Waals surface area contributed by atoms with Gasteiger partial charge in [-0.3, -0.25) is 14.4 Å². The summed E-state index contributed by atoms with van der Waals surface area (Å²) in [6.45, 7) is 9.09. The van der Waals surface area contributed by atoms with Crippen LogP contribution in [0.1, 0.15) is 27.2 Å². The molecule has 3 amide bonds. The van der Waals surface area contributed by atoms with E-state index < -0.39 is 29.6 Å². The lowest BCUT2D eigenvalue weighted by Gasteiger charge is -2.35. The first kappa shape index (κ1) is 26.4. The summed E-state index contributed by atoms with van der Waals surface area (Å²) in [6.07, 6.45) is 7.73. The summed E-state index contributed by atoms with van der Waals surface area (Å²) >= 11 is 0. The zero-order valence-electron chi connectivity index (χ0n) is 22.5. The standard InChI is InChI=1S/C29H38N4O5/c1-4-15-31-16-7-9-22-23(26(31)35)24-27(36)33(18-19-34)25-28(37)32(17-8-14-29(24,25)38-22)21-12-10-20(11-13-21)30(5-2)6-3/h7-14,22-25,34H,4-6,15-19H2,1-3H3/t22-,23+,24+,25?,29+/m1/s1. The van der Waals surface area contributed by atoms with Crippen molar-refractivity contribution >= 4 is 29.1 Å². The highest BCUT2D eigenvalue weighted by Gasteiger charge is 2.71. The average molecular weight is 523 g/mol. The van der Waals surface area contributed by atoms with E-state index in [1.165, 1.54) is 4.90 Å². The van der Waals surface area contributed by atoms with E-state index in [2.05, 4.69) is 18.7 Å². The maximum Gasteiger partial charge on any atom is 0.253 e. The van der Waals surface area contributed by atoms with Gasteiger partial charge < -0.3 is 29.4 Å². The number of rotatable bonds is 8. The van der Waals surface area contributed by atoms with Gasteiger partial charge in [-0.25, -0.2) is 0 Å². The average Bonchev–Trinajstić information content (AvgIpc) is 3.23. The lowest BCUT2D eigenvalue weighted by atomic mass is 9.77. The Kier molecular flexibility index (Phi) is 7.33. The lowest BCUT2D eigenvalue weighted by Crippen LogP contribution is -2.55. The highest BCUT2D eigenvalue weighted by atomic mass is 16.5. The second-order valence-electron chi connectivity index (χ2n) is 10.3. The van der Waals surface area contributed by atoms with Crippen LogP contribution in [0.25, 0.3) is 0 Å². The minimum absolute atomic E-state index is 0.000478. The highest BCUT2D eigenvalue weighted by Crippen LogP contribution is 2.53. The Balaban J connectivity index is 1.53. The van der Waals surface area contributed by atoms with Crippen molar-refractivity contribution in [2.24, 2.45) is 11.8 Å². The molecule has 2 fully saturated rings. The van der Waals surface area contributed by atoms with Crippen LogP contribution in [-0.4, -0.2) is 96.3 Å². The molecule has 2 saturated heterocycles. The highest BCUT2D eigenvalue weighted by molar-refractivity contribution is 6.05. The first-order chi connectivity index (χ1) is 18.4. The normalized spacial score (nSPS) is 30.3. The topological polar surface area (TPSA) is 93.6 Å². The SMILES string of the molecule is CCCN1CC=C[C@H]2O[C@]34C=CCN(c5ccc(N(CC)CC)cc5)C(=O)C3N(CCO)C(=O)[C@@H]4[C@H]2C1=O. The molecule has 0 bridgehead atoms. The number of hydrogen-bond acceptors (Lipinski definition) is 6. The van der Waals surface area contributed by atoms with Crippen LogP contribution in [0.4, 0.5) is 11.4 Å². The molecule has 1 N–H and O–H groups in total.